The van der Waals surface area contributed by atoms with Crippen LogP contribution in [-0.2, 0) is 17.8 Å². The Hall–Kier alpha value is -2.69. The van der Waals surface area contributed by atoms with Gasteiger partial charge in [-0.1, -0.05) is 18.2 Å². The van der Waals surface area contributed by atoms with Crippen molar-refractivity contribution in [2.45, 2.75) is 26.3 Å². The fraction of sp³-hybridized carbons (Fsp3) is 0.222. The van der Waals surface area contributed by atoms with E-state index in [1.807, 2.05) is 24.3 Å². The van der Waals surface area contributed by atoms with Crippen LogP contribution in [-0.4, -0.2) is 10.9 Å². The maximum atomic E-state index is 13.1. The highest BCUT2D eigenvalue weighted by Gasteiger charge is 2.06. The Kier molecular flexibility index (Phi) is 4.37. The molecule has 1 aromatic heterocycles. The molecular weight excluding hydrogens is 295 g/mol. The fourth-order valence-electron chi connectivity index (χ4n) is 2.44. The molecule has 0 saturated carbocycles. The van der Waals surface area contributed by atoms with Gasteiger partial charge in [0.25, 0.3) is 0 Å². The normalized spacial score (nSPS) is 10.9. The lowest BCUT2D eigenvalue weighted by atomic mass is 10.1. The topological polar surface area (TPSA) is 55.1 Å². The van der Waals surface area contributed by atoms with Crippen LogP contribution < -0.4 is 5.32 Å². The first-order valence-electron chi connectivity index (χ1n) is 7.47. The van der Waals surface area contributed by atoms with E-state index in [1.165, 1.54) is 12.1 Å². The molecule has 1 N–H and O–H groups in total. The average Bonchev–Trinajstić information content (AvgIpc) is 2.90. The highest BCUT2D eigenvalue weighted by atomic mass is 19.1. The van der Waals surface area contributed by atoms with E-state index in [9.17, 15) is 9.18 Å². The molecule has 0 saturated heterocycles. The van der Waals surface area contributed by atoms with Gasteiger partial charge < -0.3 is 9.73 Å². The predicted molar refractivity (Wildman–Crippen MR) is 85.3 cm³/mol. The molecule has 0 aliphatic heterocycles. The standard InChI is InChI=1S/C18H17FN2O2/c1-12-21-16-10-14(5-7-17(16)23-12)11-20-18(22)8-6-13-3-2-4-15(19)9-13/h2-5,7,9-10H,6,8,11H2,1H3,(H,20,22). The molecule has 0 spiro atoms. The van der Waals surface area contributed by atoms with Crippen LogP contribution in [0.4, 0.5) is 4.39 Å². The molecule has 5 heteroatoms. The maximum Gasteiger partial charge on any atom is 0.220 e. The van der Waals surface area contributed by atoms with Crippen molar-refractivity contribution in [2.75, 3.05) is 0 Å². The quantitative estimate of drug-likeness (QED) is 0.784. The van der Waals surface area contributed by atoms with Gasteiger partial charge in [0.05, 0.1) is 0 Å². The lowest BCUT2D eigenvalue weighted by Crippen LogP contribution is -2.22. The van der Waals surface area contributed by atoms with Gasteiger partial charge in [-0.05, 0) is 41.8 Å². The predicted octanol–water partition coefficient (Wildman–Crippen LogP) is 3.52. The zero-order chi connectivity index (χ0) is 16.2. The average molecular weight is 312 g/mol. The zero-order valence-corrected chi connectivity index (χ0v) is 12.8. The van der Waals surface area contributed by atoms with Crippen molar-refractivity contribution in [1.29, 1.82) is 0 Å². The number of hydrogen-bond acceptors (Lipinski definition) is 3. The molecule has 118 valence electrons. The minimum absolute atomic E-state index is 0.0642. The first kappa shape index (κ1) is 15.2. The van der Waals surface area contributed by atoms with Crippen LogP contribution in [0.2, 0.25) is 0 Å². The third-order valence-electron chi connectivity index (χ3n) is 3.58. The molecular formula is C18H17FN2O2. The van der Waals surface area contributed by atoms with Gasteiger partial charge in [0.2, 0.25) is 5.91 Å². The second kappa shape index (κ2) is 6.60. The zero-order valence-electron chi connectivity index (χ0n) is 12.8. The Morgan fingerprint density at radius 1 is 1.22 bits per heavy atom. The number of aryl methyl sites for hydroxylation is 2. The highest BCUT2D eigenvalue weighted by molar-refractivity contribution is 5.77. The molecule has 0 aliphatic rings. The van der Waals surface area contributed by atoms with E-state index in [-0.39, 0.29) is 11.7 Å². The summed E-state index contributed by atoms with van der Waals surface area (Å²) >= 11 is 0. The van der Waals surface area contributed by atoms with Gasteiger partial charge in [0.1, 0.15) is 11.3 Å². The molecule has 0 aliphatic carbocycles. The summed E-state index contributed by atoms with van der Waals surface area (Å²) in [6.45, 7) is 2.23. The summed E-state index contributed by atoms with van der Waals surface area (Å²) in [5.41, 5.74) is 3.31. The number of rotatable bonds is 5. The number of carbonyl (C=O) groups is 1. The Labute approximate surface area is 133 Å². The van der Waals surface area contributed by atoms with E-state index in [4.69, 9.17) is 4.42 Å². The fourth-order valence-corrected chi connectivity index (χ4v) is 2.44. The van der Waals surface area contributed by atoms with Gasteiger partial charge in [0, 0.05) is 19.9 Å². The van der Waals surface area contributed by atoms with Gasteiger partial charge in [-0.3, -0.25) is 4.79 Å². The van der Waals surface area contributed by atoms with E-state index >= 15 is 0 Å². The summed E-state index contributed by atoms with van der Waals surface area (Å²) in [5, 5.41) is 2.86. The van der Waals surface area contributed by atoms with E-state index in [2.05, 4.69) is 10.3 Å². The maximum absolute atomic E-state index is 13.1. The second-order valence-electron chi connectivity index (χ2n) is 5.44. The number of hydrogen-bond donors (Lipinski definition) is 1. The van der Waals surface area contributed by atoms with Crippen molar-refractivity contribution in [3.63, 3.8) is 0 Å². The van der Waals surface area contributed by atoms with Crippen LogP contribution in [0.25, 0.3) is 11.1 Å². The lowest BCUT2D eigenvalue weighted by Gasteiger charge is -2.05. The van der Waals surface area contributed by atoms with E-state index in [1.54, 1.807) is 13.0 Å². The smallest absolute Gasteiger partial charge is 0.220 e. The number of oxazole rings is 1. The molecule has 1 heterocycles. The minimum Gasteiger partial charge on any atom is -0.441 e. The number of nitrogens with zero attached hydrogens (tertiary/aromatic N) is 1. The summed E-state index contributed by atoms with van der Waals surface area (Å²) in [5.74, 6) is 0.279. The molecule has 1 amide bonds. The summed E-state index contributed by atoms with van der Waals surface area (Å²) in [7, 11) is 0. The highest BCUT2D eigenvalue weighted by Crippen LogP contribution is 2.16. The van der Waals surface area contributed by atoms with Crippen molar-refractivity contribution in [2.24, 2.45) is 0 Å². The first-order chi connectivity index (χ1) is 11.1. The SMILES string of the molecule is Cc1nc2cc(CNC(=O)CCc3cccc(F)c3)ccc2o1. The Balaban J connectivity index is 1.53. The summed E-state index contributed by atoms with van der Waals surface area (Å²) < 4.78 is 18.5. The lowest BCUT2D eigenvalue weighted by molar-refractivity contribution is -0.121. The number of benzene rings is 2. The molecule has 0 fully saturated rings. The molecule has 23 heavy (non-hydrogen) atoms. The molecule has 4 nitrogen and oxygen atoms in total. The summed E-state index contributed by atoms with van der Waals surface area (Å²) in [6, 6.07) is 12.0. The van der Waals surface area contributed by atoms with Crippen LogP contribution in [0.5, 0.6) is 0 Å². The van der Waals surface area contributed by atoms with Crippen LogP contribution in [0.1, 0.15) is 23.4 Å². The van der Waals surface area contributed by atoms with Crippen molar-refractivity contribution < 1.29 is 13.6 Å². The molecule has 0 unspecified atom stereocenters. The van der Waals surface area contributed by atoms with Crippen LogP contribution >= 0.6 is 0 Å². The number of nitrogens with one attached hydrogen (secondary N) is 1. The molecule has 0 atom stereocenters. The molecule has 0 bridgehead atoms. The van der Waals surface area contributed by atoms with Crippen molar-refractivity contribution >= 4 is 17.0 Å². The van der Waals surface area contributed by atoms with E-state index in [0.717, 1.165) is 22.2 Å². The summed E-state index contributed by atoms with van der Waals surface area (Å²) in [4.78, 5) is 16.2. The largest absolute Gasteiger partial charge is 0.441 e. The summed E-state index contributed by atoms with van der Waals surface area (Å²) in [6.07, 6.45) is 0.847. The minimum atomic E-state index is -0.279. The van der Waals surface area contributed by atoms with Crippen molar-refractivity contribution in [3.8, 4) is 0 Å². The number of halogens is 1. The third-order valence-corrected chi connectivity index (χ3v) is 3.58. The van der Waals surface area contributed by atoms with E-state index < -0.39 is 0 Å². The number of amides is 1. The Morgan fingerprint density at radius 3 is 2.91 bits per heavy atom. The Bertz CT molecular complexity index is 842. The third kappa shape index (κ3) is 3.94. The van der Waals surface area contributed by atoms with Gasteiger partial charge in [-0.15, -0.1) is 0 Å². The van der Waals surface area contributed by atoms with Crippen molar-refractivity contribution in [1.82, 2.24) is 10.3 Å². The first-order valence-corrected chi connectivity index (χ1v) is 7.47. The van der Waals surface area contributed by atoms with Crippen molar-refractivity contribution in [3.05, 3.63) is 65.3 Å². The van der Waals surface area contributed by atoms with E-state index in [0.29, 0.717) is 25.3 Å². The number of fused-ring (bicyclic) bond motifs is 1. The molecule has 0 radical (unpaired) electrons. The number of aromatic nitrogens is 1. The van der Waals surface area contributed by atoms with Gasteiger partial charge in [0.15, 0.2) is 11.5 Å². The molecule has 2 aromatic carbocycles. The van der Waals surface area contributed by atoms with Crippen LogP contribution in [0.3, 0.4) is 0 Å². The van der Waals surface area contributed by atoms with Crippen LogP contribution in [0.15, 0.2) is 46.9 Å². The monoisotopic (exact) mass is 312 g/mol. The van der Waals surface area contributed by atoms with Gasteiger partial charge >= 0.3 is 0 Å². The van der Waals surface area contributed by atoms with Gasteiger partial charge in [-0.2, -0.15) is 0 Å². The van der Waals surface area contributed by atoms with Crippen LogP contribution in [0, 0.1) is 12.7 Å². The Morgan fingerprint density at radius 2 is 2.09 bits per heavy atom. The molecule has 3 rings (SSSR count). The second-order valence-corrected chi connectivity index (χ2v) is 5.44. The van der Waals surface area contributed by atoms with Gasteiger partial charge in [-0.25, -0.2) is 9.37 Å². The number of carbonyl (C=O) groups excluding carboxylic acids is 1. The molecule has 3 aromatic rings.